The fourth-order valence-corrected chi connectivity index (χ4v) is 3.10. The Labute approximate surface area is 110 Å². The molecule has 1 unspecified atom stereocenters. The Balaban J connectivity index is 2.15. The van der Waals surface area contributed by atoms with E-state index in [4.69, 9.17) is 11.6 Å². The minimum atomic E-state index is 0.252. The number of likely N-dealkylation sites (N-methyl/N-ethyl adjacent to an activating group) is 1. The van der Waals surface area contributed by atoms with E-state index < -0.39 is 0 Å². The molecule has 1 atom stereocenters. The molecule has 92 valence electrons. The molecule has 0 spiro atoms. The highest BCUT2D eigenvalue weighted by Gasteiger charge is 2.16. The molecule has 0 saturated heterocycles. The second kappa shape index (κ2) is 5.67. The van der Waals surface area contributed by atoms with Crippen molar-refractivity contribution in [3.8, 4) is 0 Å². The minimum Gasteiger partial charge on any atom is -0.309 e. The number of nitrogens with one attached hydrogen (secondary N) is 1. The van der Waals surface area contributed by atoms with Crippen LogP contribution in [-0.2, 0) is 13.5 Å². The lowest BCUT2D eigenvalue weighted by Crippen LogP contribution is -2.22. The highest BCUT2D eigenvalue weighted by atomic mass is 35.5. The van der Waals surface area contributed by atoms with Crippen molar-refractivity contribution in [3.05, 3.63) is 39.3 Å². The van der Waals surface area contributed by atoms with Gasteiger partial charge in [0.05, 0.1) is 10.7 Å². The molecule has 2 aromatic heterocycles. The zero-order chi connectivity index (χ0) is 12.3. The third-order valence-electron chi connectivity index (χ3n) is 2.59. The van der Waals surface area contributed by atoms with E-state index in [1.54, 1.807) is 11.3 Å². The van der Waals surface area contributed by atoms with Gasteiger partial charge < -0.3 is 5.32 Å². The van der Waals surface area contributed by atoms with Crippen LogP contribution in [0.15, 0.2) is 23.7 Å². The number of nitrogens with zero attached hydrogens (tertiary/aromatic N) is 2. The SMILES string of the molecule is CCNC(Cc1ccn(C)n1)c1sccc1Cl. The average Bonchev–Trinajstić information content (AvgIpc) is 2.87. The first kappa shape index (κ1) is 12.6. The highest BCUT2D eigenvalue weighted by molar-refractivity contribution is 7.10. The Morgan fingerprint density at radius 2 is 2.35 bits per heavy atom. The van der Waals surface area contributed by atoms with E-state index >= 15 is 0 Å². The molecule has 0 saturated carbocycles. The molecule has 0 aliphatic heterocycles. The fourth-order valence-electron chi connectivity index (χ4n) is 1.84. The number of rotatable bonds is 5. The van der Waals surface area contributed by atoms with Gasteiger partial charge in [0, 0.05) is 30.6 Å². The Bertz CT molecular complexity index is 478. The van der Waals surface area contributed by atoms with Crippen LogP contribution >= 0.6 is 22.9 Å². The molecule has 0 radical (unpaired) electrons. The van der Waals surface area contributed by atoms with Crippen molar-refractivity contribution < 1.29 is 0 Å². The van der Waals surface area contributed by atoms with E-state index in [9.17, 15) is 0 Å². The zero-order valence-electron chi connectivity index (χ0n) is 9.98. The number of hydrogen-bond acceptors (Lipinski definition) is 3. The second-order valence-corrected chi connectivity index (χ2v) is 5.28. The molecule has 2 rings (SSSR count). The first-order valence-electron chi connectivity index (χ1n) is 5.65. The molecule has 2 heterocycles. The predicted octanol–water partition coefficient (Wildman–Crippen LogP) is 3.03. The van der Waals surface area contributed by atoms with Crippen LogP contribution in [0.2, 0.25) is 5.02 Å². The standard InChI is InChI=1S/C12H16ClN3S/c1-3-14-11(12-10(13)5-7-17-12)8-9-4-6-16(2)15-9/h4-7,11,14H,3,8H2,1-2H3. The van der Waals surface area contributed by atoms with E-state index in [1.165, 1.54) is 4.88 Å². The summed E-state index contributed by atoms with van der Waals surface area (Å²) in [7, 11) is 1.93. The number of aryl methyl sites for hydroxylation is 1. The zero-order valence-corrected chi connectivity index (χ0v) is 11.6. The van der Waals surface area contributed by atoms with Gasteiger partial charge in [-0.05, 0) is 24.1 Å². The normalized spacial score (nSPS) is 12.9. The second-order valence-electron chi connectivity index (χ2n) is 3.93. The highest BCUT2D eigenvalue weighted by Crippen LogP contribution is 2.30. The maximum absolute atomic E-state index is 6.19. The summed E-state index contributed by atoms with van der Waals surface area (Å²) in [5.41, 5.74) is 1.09. The van der Waals surface area contributed by atoms with Crippen molar-refractivity contribution in [1.82, 2.24) is 15.1 Å². The molecule has 2 aromatic rings. The molecule has 17 heavy (non-hydrogen) atoms. The molecule has 3 nitrogen and oxygen atoms in total. The maximum atomic E-state index is 6.19. The smallest absolute Gasteiger partial charge is 0.0643 e. The van der Waals surface area contributed by atoms with Crippen molar-refractivity contribution in [2.24, 2.45) is 7.05 Å². The van der Waals surface area contributed by atoms with Crippen molar-refractivity contribution in [2.75, 3.05) is 6.54 Å². The monoisotopic (exact) mass is 269 g/mol. The molecule has 0 amide bonds. The molecule has 0 bridgehead atoms. The lowest BCUT2D eigenvalue weighted by atomic mass is 10.1. The van der Waals surface area contributed by atoms with Crippen molar-refractivity contribution in [1.29, 1.82) is 0 Å². The third kappa shape index (κ3) is 3.09. The summed E-state index contributed by atoms with van der Waals surface area (Å²) in [6.07, 6.45) is 2.84. The maximum Gasteiger partial charge on any atom is 0.0643 e. The van der Waals surface area contributed by atoms with Crippen LogP contribution < -0.4 is 5.32 Å². The van der Waals surface area contributed by atoms with Crippen molar-refractivity contribution >= 4 is 22.9 Å². The summed E-state index contributed by atoms with van der Waals surface area (Å²) < 4.78 is 1.83. The first-order valence-corrected chi connectivity index (χ1v) is 6.91. The van der Waals surface area contributed by atoms with Crippen LogP contribution in [0.25, 0.3) is 0 Å². The van der Waals surface area contributed by atoms with Gasteiger partial charge in [0.15, 0.2) is 0 Å². The minimum absolute atomic E-state index is 0.252. The van der Waals surface area contributed by atoms with Gasteiger partial charge in [-0.1, -0.05) is 18.5 Å². The third-order valence-corrected chi connectivity index (χ3v) is 4.07. The van der Waals surface area contributed by atoms with Crippen LogP contribution in [0.4, 0.5) is 0 Å². The van der Waals surface area contributed by atoms with Gasteiger partial charge in [-0.15, -0.1) is 11.3 Å². The van der Waals surface area contributed by atoms with Gasteiger partial charge in [0.1, 0.15) is 0 Å². The molecule has 5 heteroatoms. The van der Waals surface area contributed by atoms with Gasteiger partial charge in [-0.2, -0.15) is 5.10 Å². The van der Waals surface area contributed by atoms with Gasteiger partial charge >= 0.3 is 0 Å². The van der Waals surface area contributed by atoms with E-state index in [2.05, 4.69) is 17.3 Å². The number of aromatic nitrogens is 2. The summed E-state index contributed by atoms with van der Waals surface area (Å²) in [5, 5.41) is 10.7. The quantitative estimate of drug-likeness (QED) is 0.904. The molecular weight excluding hydrogens is 254 g/mol. The van der Waals surface area contributed by atoms with Crippen LogP contribution in [0.5, 0.6) is 0 Å². The fraction of sp³-hybridized carbons (Fsp3) is 0.417. The summed E-state index contributed by atoms with van der Waals surface area (Å²) in [5.74, 6) is 0. The molecule has 1 N–H and O–H groups in total. The Morgan fingerprint density at radius 1 is 1.53 bits per heavy atom. The lowest BCUT2D eigenvalue weighted by molar-refractivity contribution is 0.548. The van der Waals surface area contributed by atoms with Gasteiger partial charge in [-0.25, -0.2) is 0 Å². The summed E-state index contributed by atoms with van der Waals surface area (Å²) in [4.78, 5) is 1.19. The van der Waals surface area contributed by atoms with Crippen molar-refractivity contribution in [2.45, 2.75) is 19.4 Å². The van der Waals surface area contributed by atoms with E-state index in [1.807, 2.05) is 35.4 Å². The summed E-state index contributed by atoms with van der Waals surface area (Å²) in [6.45, 7) is 3.03. The van der Waals surface area contributed by atoms with E-state index in [0.717, 1.165) is 23.7 Å². The van der Waals surface area contributed by atoms with Crippen LogP contribution in [0, 0.1) is 0 Å². The molecule has 0 aromatic carbocycles. The molecular formula is C12H16ClN3S. The van der Waals surface area contributed by atoms with Gasteiger partial charge in [0.2, 0.25) is 0 Å². The van der Waals surface area contributed by atoms with Crippen LogP contribution in [0.1, 0.15) is 23.5 Å². The lowest BCUT2D eigenvalue weighted by Gasteiger charge is -2.15. The molecule has 0 fully saturated rings. The van der Waals surface area contributed by atoms with E-state index in [0.29, 0.717) is 0 Å². The summed E-state index contributed by atoms with van der Waals surface area (Å²) in [6, 6.07) is 4.25. The number of thiophene rings is 1. The average molecular weight is 270 g/mol. The molecule has 0 aliphatic rings. The van der Waals surface area contributed by atoms with Gasteiger partial charge in [0.25, 0.3) is 0 Å². The van der Waals surface area contributed by atoms with E-state index in [-0.39, 0.29) is 6.04 Å². The Kier molecular flexibility index (Phi) is 4.20. The van der Waals surface area contributed by atoms with Crippen molar-refractivity contribution in [3.63, 3.8) is 0 Å². The molecule has 0 aliphatic carbocycles. The predicted molar refractivity (Wildman–Crippen MR) is 72.7 cm³/mol. The Hall–Kier alpha value is -0.840. The first-order chi connectivity index (χ1) is 8.20. The summed E-state index contributed by atoms with van der Waals surface area (Å²) >= 11 is 7.88. The topological polar surface area (TPSA) is 29.9 Å². The van der Waals surface area contributed by atoms with Gasteiger partial charge in [-0.3, -0.25) is 4.68 Å². The van der Waals surface area contributed by atoms with Crippen LogP contribution in [-0.4, -0.2) is 16.3 Å². The van der Waals surface area contributed by atoms with Crippen LogP contribution in [0.3, 0.4) is 0 Å². The number of halogens is 1. The number of hydrogen-bond donors (Lipinski definition) is 1. The largest absolute Gasteiger partial charge is 0.309 e. The Morgan fingerprint density at radius 3 is 2.88 bits per heavy atom.